The minimum atomic E-state index is -0.183. The van der Waals surface area contributed by atoms with Crippen molar-refractivity contribution >= 4 is 60.8 Å². The third-order valence-electron chi connectivity index (χ3n) is 12.3. The molecule has 57 heavy (non-hydrogen) atoms. The summed E-state index contributed by atoms with van der Waals surface area (Å²) >= 11 is 0. The highest BCUT2D eigenvalue weighted by atomic mass is 15.2. The number of para-hydroxylation sites is 1. The Morgan fingerprint density at radius 2 is 1.02 bits per heavy atom. The van der Waals surface area contributed by atoms with Gasteiger partial charge in [-0.1, -0.05) is 170 Å². The minimum Gasteiger partial charge on any atom is -0.333 e. The van der Waals surface area contributed by atoms with Crippen molar-refractivity contribution in [3.8, 4) is 22.3 Å². The summed E-state index contributed by atoms with van der Waals surface area (Å²) in [4.78, 5) is 5.01. The Balaban J connectivity index is 1.08. The lowest BCUT2D eigenvalue weighted by Crippen LogP contribution is -2.39. The van der Waals surface area contributed by atoms with Gasteiger partial charge in [-0.05, 0) is 110 Å². The van der Waals surface area contributed by atoms with Crippen LogP contribution in [0.4, 0.5) is 28.4 Å². The molecule has 0 aromatic heterocycles. The van der Waals surface area contributed by atoms with E-state index in [1.54, 1.807) is 0 Å². The van der Waals surface area contributed by atoms with Crippen molar-refractivity contribution in [3.63, 3.8) is 0 Å². The number of hydrogen-bond donors (Lipinski definition) is 0. The van der Waals surface area contributed by atoms with Crippen LogP contribution in [0.5, 0.6) is 0 Å². The number of fused-ring (bicyclic) bond motifs is 9. The molecule has 2 unspecified atom stereocenters. The fourth-order valence-corrected chi connectivity index (χ4v) is 9.54. The molecular weight excluding hydrogens is 689 g/mol. The molecule has 0 saturated carbocycles. The maximum atomic E-state index is 2.55. The van der Waals surface area contributed by atoms with E-state index >= 15 is 0 Å². The number of nitrogens with zero attached hydrogens (tertiary/aromatic N) is 2. The lowest BCUT2D eigenvalue weighted by atomic mass is 9.76. The Bertz CT molecular complexity index is 2990. The summed E-state index contributed by atoms with van der Waals surface area (Å²) in [5.41, 5.74) is 11.8. The average Bonchev–Trinajstić information content (AvgIpc) is 3.55. The summed E-state index contributed by atoms with van der Waals surface area (Å²) in [6.07, 6.45) is 9.17. The molecule has 11 rings (SSSR count). The molecule has 0 amide bonds. The summed E-state index contributed by atoms with van der Waals surface area (Å²) in [5.74, 6) is 0. The van der Waals surface area contributed by atoms with Crippen molar-refractivity contribution in [2.24, 2.45) is 0 Å². The van der Waals surface area contributed by atoms with Crippen LogP contribution in [-0.4, -0.2) is 6.04 Å². The van der Waals surface area contributed by atoms with E-state index in [2.05, 4.69) is 235 Å². The Morgan fingerprint density at radius 3 is 1.72 bits per heavy atom. The van der Waals surface area contributed by atoms with Crippen LogP contribution in [0, 0.1) is 0 Å². The molecule has 0 saturated heterocycles. The lowest BCUT2D eigenvalue weighted by molar-refractivity contribution is 0.551. The van der Waals surface area contributed by atoms with Crippen molar-refractivity contribution in [3.05, 3.63) is 224 Å². The van der Waals surface area contributed by atoms with Crippen molar-refractivity contribution < 1.29 is 0 Å². The molecule has 2 aliphatic rings. The topological polar surface area (TPSA) is 6.48 Å². The highest BCUT2D eigenvalue weighted by Crippen LogP contribution is 2.54. The molecular formula is C55H40N2. The van der Waals surface area contributed by atoms with Crippen LogP contribution in [0.25, 0.3) is 54.6 Å². The Morgan fingerprint density at radius 1 is 0.456 bits per heavy atom. The van der Waals surface area contributed by atoms with Crippen LogP contribution >= 0.6 is 0 Å². The van der Waals surface area contributed by atoms with Crippen LogP contribution < -0.4 is 9.80 Å². The SMILES string of the molecule is CC12C=CC=CC1N(c1ccc(-c3cccc(-c4ccccc4)c3)cc1)c1cc(N(c3ccccc3)c3cccc4c5ccccc5c5ccccc5c34)ccc12. The maximum Gasteiger partial charge on any atom is 0.0655 e. The van der Waals surface area contributed by atoms with E-state index in [4.69, 9.17) is 0 Å². The fraction of sp³-hybridized carbons (Fsp3) is 0.0545. The van der Waals surface area contributed by atoms with Gasteiger partial charge in [0.1, 0.15) is 0 Å². The van der Waals surface area contributed by atoms with E-state index in [9.17, 15) is 0 Å². The van der Waals surface area contributed by atoms with Crippen LogP contribution in [-0.2, 0) is 5.41 Å². The normalized spacial score (nSPS) is 16.9. The molecule has 270 valence electrons. The standard InChI is InChI=1S/C55H40N2/c1-55-35-13-12-28-53(55)57(43-31-29-39(30-32-43)41-19-14-18-40(36-41)38-16-4-2-5-17-38)52-37-44(33-34-50(52)55)56(42-20-6-3-7-21-42)51-27-15-26-49-47-23-9-8-22-45(47)46-24-10-11-25-48(46)54(49)51/h2-37,53H,1H3. The van der Waals surface area contributed by atoms with Gasteiger partial charge in [0, 0.05) is 33.6 Å². The van der Waals surface area contributed by atoms with Gasteiger partial charge in [-0.15, -0.1) is 0 Å². The van der Waals surface area contributed by atoms with Gasteiger partial charge >= 0.3 is 0 Å². The van der Waals surface area contributed by atoms with E-state index in [0.29, 0.717) is 0 Å². The molecule has 2 heteroatoms. The zero-order valence-corrected chi connectivity index (χ0v) is 31.8. The second-order valence-electron chi connectivity index (χ2n) is 15.5. The lowest BCUT2D eigenvalue weighted by Gasteiger charge is -2.34. The van der Waals surface area contributed by atoms with Gasteiger partial charge < -0.3 is 9.80 Å². The molecule has 1 aliphatic heterocycles. The van der Waals surface area contributed by atoms with Gasteiger partial charge in [-0.3, -0.25) is 0 Å². The van der Waals surface area contributed by atoms with Gasteiger partial charge in [-0.2, -0.15) is 0 Å². The molecule has 0 spiro atoms. The van der Waals surface area contributed by atoms with E-state index in [0.717, 1.165) is 17.1 Å². The zero-order valence-electron chi connectivity index (χ0n) is 31.8. The predicted molar refractivity (Wildman–Crippen MR) is 243 cm³/mol. The second-order valence-corrected chi connectivity index (χ2v) is 15.5. The van der Waals surface area contributed by atoms with Crippen LogP contribution in [0.2, 0.25) is 0 Å². The first-order valence-electron chi connectivity index (χ1n) is 19.9. The van der Waals surface area contributed by atoms with Gasteiger partial charge in [0.2, 0.25) is 0 Å². The Kier molecular flexibility index (Phi) is 7.72. The van der Waals surface area contributed by atoms with Crippen molar-refractivity contribution in [2.45, 2.75) is 18.4 Å². The molecule has 0 fully saturated rings. The quantitative estimate of drug-likeness (QED) is 0.157. The van der Waals surface area contributed by atoms with E-state index in [1.807, 2.05) is 0 Å². The van der Waals surface area contributed by atoms with Crippen LogP contribution in [0.3, 0.4) is 0 Å². The molecule has 0 bridgehead atoms. The van der Waals surface area contributed by atoms with Gasteiger partial charge in [-0.25, -0.2) is 0 Å². The van der Waals surface area contributed by atoms with E-state index in [-0.39, 0.29) is 11.5 Å². The number of rotatable bonds is 6. The van der Waals surface area contributed by atoms with E-state index in [1.165, 1.54) is 71.5 Å². The summed E-state index contributed by atoms with van der Waals surface area (Å²) < 4.78 is 0. The summed E-state index contributed by atoms with van der Waals surface area (Å²) in [6.45, 7) is 2.39. The largest absolute Gasteiger partial charge is 0.333 e. The fourth-order valence-electron chi connectivity index (χ4n) is 9.54. The Hall–Kier alpha value is -7.16. The third-order valence-corrected chi connectivity index (χ3v) is 12.3. The van der Waals surface area contributed by atoms with Crippen molar-refractivity contribution in [1.82, 2.24) is 0 Å². The molecule has 1 heterocycles. The highest BCUT2D eigenvalue weighted by molar-refractivity contribution is 6.28. The van der Waals surface area contributed by atoms with Gasteiger partial charge in [0.15, 0.2) is 0 Å². The third kappa shape index (κ3) is 5.33. The number of hydrogen-bond acceptors (Lipinski definition) is 2. The number of allylic oxidation sites excluding steroid dienone is 2. The van der Waals surface area contributed by atoms with Gasteiger partial charge in [0.25, 0.3) is 0 Å². The van der Waals surface area contributed by atoms with Crippen LogP contribution in [0.1, 0.15) is 12.5 Å². The Labute approximate surface area is 333 Å². The first-order valence-corrected chi connectivity index (χ1v) is 19.9. The van der Waals surface area contributed by atoms with Crippen molar-refractivity contribution in [1.29, 1.82) is 0 Å². The van der Waals surface area contributed by atoms with Gasteiger partial charge in [0.05, 0.1) is 11.7 Å². The summed E-state index contributed by atoms with van der Waals surface area (Å²) in [7, 11) is 0. The van der Waals surface area contributed by atoms with Crippen molar-refractivity contribution in [2.75, 3.05) is 9.80 Å². The molecule has 0 radical (unpaired) electrons. The average molecular weight is 729 g/mol. The second kappa shape index (κ2) is 13.3. The smallest absolute Gasteiger partial charge is 0.0655 e. The molecule has 1 aliphatic carbocycles. The zero-order chi connectivity index (χ0) is 37.9. The number of benzene rings is 9. The molecule has 9 aromatic rings. The van der Waals surface area contributed by atoms with Crippen LogP contribution in [0.15, 0.2) is 218 Å². The minimum absolute atomic E-state index is 0.137. The predicted octanol–water partition coefficient (Wildman–Crippen LogP) is 14.9. The molecule has 2 atom stereocenters. The number of anilines is 5. The molecule has 0 N–H and O–H groups in total. The summed E-state index contributed by atoms with van der Waals surface area (Å²) in [6, 6.07) is 71.2. The first kappa shape index (κ1) is 33.2. The first-order chi connectivity index (χ1) is 28.2. The van der Waals surface area contributed by atoms with E-state index < -0.39 is 0 Å². The monoisotopic (exact) mass is 728 g/mol. The maximum absolute atomic E-state index is 2.55. The molecule has 2 nitrogen and oxygen atoms in total. The highest BCUT2D eigenvalue weighted by Gasteiger charge is 2.46. The molecule has 9 aromatic carbocycles. The summed E-state index contributed by atoms with van der Waals surface area (Å²) in [5, 5.41) is 7.59.